The maximum absolute atomic E-state index is 12.6. The molecule has 3 fully saturated rings. The lowest BCUT2D eigenvalue weighted by molar-refractivity contribution is 0.111. The Hall–Kier alpha value is -1.59. The molecule has 4 rings (SSSR count). The van der Waals surface area contributed by atoms with Crippen molar-refractivity contribution in [2.45, 2.75) is 88.9 Å². The van der Waals surface area contributed by atoms with Crippen LogP contribution in [-0.4, -0.2) is 60.1 Å². The molecular formula is C25H40N4O. The number of benzene rings is 1. The summed E-state index contributed by atoms with van der Waals surface area (Å²) in [5.74, 6) is 0. The molecule has 166 valence electrons. The zero-order valence-electron chi connectivity index (χ0n) is 18.7. The van der Waals surface area contributed by atoms with Crippen molar-refractivity contribution >= 4 is 6.03 Å². The normalized spacial score (nSPS) is 26.2. The van der Waals surface area contributed by atoms with Gasteiger partial charge in [-0.15, -0.1) is 0 Å². The van der Waals surface area contributed by atoms with Gasteiger partial charge in [-0.3, -0.25) is 9.80 Å². The molecule has 0 radical (unpaired) electrons. The highest BCUT2D eigenvalue weighted by molar-refractivity contribution is 5.74. The zero-order valence-corrected chi connectivity index (χ0v) is 18.7. The van der Waals surface area contributed by atoms with Gasteiger partial charge in [-0.05, 0) is 57.6 Å². The number of nitrogens with one attached hydrogen (secondary N) is 2. The largest absolute Gasteiger partial charge is 0.335 e. The highest BCUT2D eigenvalue weighted by Gasteiger charge is 2.29. The van der Waals surface area contributed by atoms with Crippen LogP contribution in [0.3, 0.4) is 0 Å². The molecule has 0 aromatic heterocycles. The second-order valence-electron chi connectivity index (χ2n) is 9.64. The second kappa shape index (κ2) is 10.6. The average molecular weight is 413 g/mol. The second-order valence-corrected chi connectivity index (χ2v) is 9.64. The Morgan fingerprint density at radius 1 is 0.867 bits per heavy atom. The Labute approximate surface area is 182 Å². The zero-order chi connectivity index (χ0) is 20.8. The molecule has 2 heterocycles. The van der Waals surface area contributed by atoms with Crippen molar-refractivity contribution in [3.05, 3.63) is 35.9 Å². The van der Waals surface area contributed by atoms with E-state index in [4.69, 9.17) is 0 Å². The number of hydrogen-bond acceptors (Lipinski definition) is 3. The van der Waals surface area contributed by atoms with E-state index in [9.17, 15) is 4.79 Å². The monoisotopic (exact) mass is 412 g/mol. The van der Waals surface area contributed by atoms with Crippen LogP contribution < -0.4 is 10.6 Å². The van der Waals surface area contributed by atoms with E-state index in [0.29, 0.717) is 18.1 Å². The lowest BCUT2D eigenvalue weighted by Crippen LogP contribution is -2.55. The van der Waals surface area contributed by atoms with Gasteiger partial charge in [0, 0.05) is 43.8 Å². The number of piperidine rings is 2. The standard InChI is InChI=1S/C25H40N4O/c1-20(21-9-4-2-5-10-21)28-17-14-22(15-18-28)26-25(30)27-23-11-8-16-29(19-23)24-12-6-3-7-13-24/h2,4-5,9-10,20,22-24H,3,6-8,11-19H2,1H3,(H2,26,27,30). The van der Waals surface area contributed by atoms with Crippen LogP contribution in [0.15, 0.2) is 30.3 Å². The molecule has 2 atom stereocenters. The van der Waals surface area contributed by atoms with Crippen LogP contribution in [0.2, 0.25) is 0 Å². The lowest BCUT2D eigenvalue weighted by atomic mass is 9.92. The molecule has 2 saturated heterocycles. The van der Waals surface area contributed by atoms with Gasteiger partial charge in [0.25, 0.3) is 0 Å². The molecule has 5 nitrogen and oxygen atoms in total. The molecule has 0 spiro atoms. The molecule has 1 aromatic carbocycles. The van der Waals surface area contributed by atoms with E-state index in [2.05, 4.69) is 57.7 Å². The highest BCUT2D eigenvalue weighted by atomic mass is 16.2. The van der Waals surface area contributed by atoms with Crippen LogP contribution >= 0.6 is 0 Å². The fourth-order valence-electron chi connectivity index (χ4n) is 5.69. The number of hydrogen-bond donors (Lipinski definition) is 2. The third-order valence-corrected chi connectivity index (χ3v) is 7.57. The first kappa shape index (κ1) is 21.6. The summed E-state index contributed by atoms with van der Waals surface area (Å²) in [6.07, 6.45) is 11.2. The van der Waals surface area contributed by atoms with E-state index in [1.807, 2.05) is 0 Å². The van der Waals surface area contributed by atoms with Crippen molar-refractivity contribution < 1.29 is 4.79 Å². The number of amides is 2. The van der Waals surface area contributed by atoms with E-state index in [0.717, 1.165) is 44.9 Å². The summed E-state index contributed by atoms with van der Waals surface area (Å²) >= 11 is 0. The maximum atomic E-state index is 12.6. The summed E-state index contributed by atoms with van der Waals surface area (Å²) in [5.41, 5.74) is 1.38. The third kappa shape index (κ3) is 5.76. The van der Waals surface area contributed by atoms with Crippen molar-refractivity contribution in [3.63, 3.8) is 0 Å². The Bertz CT molecular complexity index is 652. The fourth-order valence-corrected chi connectivity index (χ4v) is 5.69. The van der Waals surface area contributed by atoms with Crippen LogP contribution in [0.4, 0.5) is 4.79 Å². The van der Waals surface area contributed by atoms with Crippen LogP contribution in [0.1, 0.15) is 76.3 Å². The van der Waals surface area contributed by atoms with Crippen molar-refractivity contribution in [2.24, 2.45) is 0 Å². The smallest absolute Gasteiger partial charge is 0.315 e. The van der Waals surface area contributed by atoms with Crippen molar-refractivity contribution in [1.82, 2.24) is 20.4 Å². The van der Waals surface area contributed by atoms with E-state index < -0.39 is 0 Å². The van der Waals surface area contributed by atoms with Gasteiger partial charge in [-0.1, -0.05) is 49.6 Å². The van der Waals surface area contributed by atoms with Crippen LogP contribution in [-0.2, 0) is 0 Å². The Morgan fingerprint density at radius 3 is 2.30 bits per heavy atom. The number of urea groups is 1. The highest BCUT2D eigenvalue weighted by Crippen LogP contribution is 2.26. The van der Waals surface area contributed by atoms with E-state index >= 15 is 0 Å². The summed E-state index contributed by atoms with van der Waals surface area (Å²) < 4.78 is 0. The minimum atomic E-state index is 0.0417. The van der Waals surface area contributed by atoms with E-state index in [1.54, 1.807) is 0 Å². The molecule has 30 heavy (non-hydrogen) atoms. The molecule has 2 aliphatic heterocycles. The van der Waals surface area contributed by atoms with E-state index in [-0.39, 0.29) is 6.03 Å². The molecule has 2 amide bonds. The first-order valence-electron chi connectivity index (χ1n) is 12.3. The summed E-state index contributed by atoms with van der Waals surface area (Å²) in [6, 6.07) is 12.6. The van der Waals surface area contributed by atoms with Gasteiger partial charge < -0.3 is 10.6 Å². The third-order valence-electron chi connectivity index (χ3n) is 7.57. The SMILES string of the molecule is CC(c1ccccc1)N1CCC(NC(=O)NC2CCCN(C3CCCCC3)C2)CC1. The maximum Gasteiger partial charge on any atom is 0.315 e. The van der Waals surface area contributed by atoms with Gasteiger partial charge >= 0.3 is 6.03 Å². The van der Waals surface area contributed by atoms with Gasteiger partial charge in [0.15, 0.2) is 0 Å². The van der Waals surface area contributed by atoms with Gasteiger partial charge in [-0.25, -0.2) is 4.79 Å². The van der Waals surface area contributed by atoms with Crippen molar-refractivity contribution in [2.75, 3.05) is 26.2 Å². The minimum Gasteiger partial charge on any atom is -0.335 e. The summed E-state index contributed by atoms with van der Waals surface area (Å²) in [7, 11) is 0. The topological polar surface area (TPSA) is 47.6 Å². The predicted molar refractivity (Wildman–Crippen MR) is 123 cm³/mol. The lowest BCUT2D eigenvalue weighted by Gasteiger charge is -2.40. The molecule has 2 unspecified atom stereocenters. The van der Waals surface area contributed by atoms with Gasteiger partial charge in [-0.2, -0.15) is 0 Å². The molecule has 2 N–H and O–H groups in total. The summed E-state index contributed by atoms with van der Waals surface area (Å²) in [5, 5.41) is 6.55. The molecule has 0 bridgehead atoms. The summed E-state index contributed by atoms with van der Waals surface area (Å²) in [4.78, 5) is 17.8. The van der Waals surface area contributed by atoms with Crippen molar-refractivity contribution in [1.29, 1.82) is 0 Å². The Morgan fingerprint density at radius 2 is 1.57 bits per heavy atom. The first-order valence-corrected chi connectivity index (χ1v) is 12.3. The van der Waals surface area contributed by atoms with Gasteiger partial charge in [0.1, 0.15) is 0 Å². The number of carbonyl (C=O) groups excluding carboxylic acids is 1. The fraction of sp³-hybridized carbons (Fsp3) is 0.720. The number of nitrogens with zero attached hydrogens (tertiary/aromatic N) is 2. The number of rotatable bonds is 5. The Balaban J connectivity index is 1.18. The average Bonchev–Trinajstić information content (AvgIpc) is 2.80. The molecule has 1 saturated carbocycles. The van der Waals surface area contributed by atoms with Crippen LogP contribution in [0.25, 0.3) is 0 Å². The van der Waals surface area contributed by atoms with Gasteiger partial charge in [0.2, 0.25) is 0 Å². The summed E-state index contributed by atoms with van der Waals surface area (Å²) in [6.45, 7) is 6.62. The molecule has 1 aromatic rings. The quantitative estimate of drug-likeness (QED) is 0.758. The minimum absolute atomic E-state index is 0.0417. The van der Waals surface area contributed by atoms with Crippen molar-refractivity contribution in [3.8, 4) is 0 Å². The molecule has 5 heteroatoms. The molecule has 3 aliphatic rings. The van der Waals surface area contributed by atoms with Crippen LogP contribution in [0, 0.1) is 0 Å². The number of likely N-dealkylation sites (tertiary alicyclic amines) is 2. The molecular weight excluding hydrogens is 372 g/mol. The van der Waals surface area contributed by atoms with Crippen LogP contribution in [0.5, 0.6) is 0 Å². The predicted octanol–water partition coefficient (Wildman–Crippen LogP) is 4.31. The number of carbonyl (C=O) groups is 1. The van der Waals surface area contributed by atoms with Gasteiger partial charge in [0.05, 0.1) is 0 Å². The molecule has 1 aliphatic carbocycles. The first-order chi connectivity index (χ1) is 14.7. The Kier molecular flexibility index (Phi) is 7.67. The van der Waals surface area contributed by atoms with E-state index in [1.165, 1.54) is 50.6 Å².